The molecule has 192 valence electrons. The molecule has 1 aliphatic rings. The van der Waals surface area contributed by atoms with Crippen LogP contribution in [-0.4, -0.2) is 55.6 Å². The first-order valence-electron chi connectivity index (χ1n) is 11.3. The summed E-state index contributed by atoms with van der Waals surface area (Å²) in [6, 6.07) is 6.68. The van der Waals surface area contributed by atoms with Gasteiger partial charge in [0.2, 0.25) is 5.95 Å². The van der Waals surface area contributed by atoms with Gasteiger partial charge in [-0.05, 0) is 24.0 Å². The number of anilines is 1. The molecule has 1 saturated heterocycles. The number of halogens is 5. The first kappa shape index (κ1) is 25.5. The normalized spacial score (nSPS) is 19.8. The topological polar surface area (TPSA) is 75.9 Å². The van der Waals surface area contributed by atoms with Gasteiger partial charge < -0.3 is 10.2 Å². The number of alkyl halides is 5. The number of rotatable bonds is 5. The minimum atomic E-state index is -4.58. The zero-order chi connectivity index (χ0) is 26.3. The highest BCUT2D eigenvalue weighted by Gasteiger charge is 2.47. The van der Waals surface area contributed by atoms with E-state index in [2.05, 4.69) is 20.4 Å². The van der Waals surface area contributed by atoms with Crippen LogP contribution in [0.3, 0.4) is 0 Å². The van der Waals surface area contributed by atoms with Crippen molar-refractivity contribution >= 4 is 11.9 Å². The number of benzene rings is 1. The summed E-state index contributed by atoms with van der Waals surface area (Å²) in [6.07, 6.45) is -2.07. The SMILES string of the molecule is Cc1ccccc1-c1cn(C)nc1C(=O)N1CC(F)(F)C[C@@H](C)C1CNc1ncc(C(F)(F)F)cn1. The van der Waals surface area contributed by atoms with E-state index in [-0.39, 0.29) is 18.2 Å². The number of hydrogen-bond donors (Lipinski definition) is 1. The smallest absolute Gasteiger partial charge is 0.352 e. The molecule has 1 N–H and O–H groups in total. The molecule has 1 amide bonds. The van der Waals surface area contributed by atoms with Crippen LogP contribution >= 0.6 is 0 Å². The first-order valence-corrected chi connectivity index (χ1v) is 11.3. The molecule has 1 fully saturated rings. The van der Waals surface area contributed by atoms with Gasteiger partial charge in [-0.25, -0.2) is 18.7 Å². The minimum absolute atomic E-state index is 0.0269. The van der Waals surface area contributed by atoms with Crippen LogP contribution in [0.4, 0.5) is 27.9 Å². The highest BCUT2D eigenvalue weighted by molar-refractivity contribution is 5.99. The van der Waals surface area contributed by atoms with Crippen molar-refractivity contribution in [2.45, 2.75) is 38.4 Å². The molecule has 1 unspecified atom stereocenters. The molecule has 3 heterocycles. The Morgan fingerprint density at radius 1 is 1.17 bits per heavy atom. The molecule has 0 aliphatic carbocycles. The Morgan fingerprint density at radius 2 is 1.83 bits per heavy atom. The van der Waals surface area contributed by atoms with Crippen LogP contribution in [0, 0.1) is 12.8 Å². The van der Waals surface area contributed by atoms with Gasteiger partial charge in [-0.15, -0.1) is 0 Å². The molecular formula is C24H25F5N6O. The van der Waals surface area contributed by atoms with E-state index in [9.17, 15) is 26.7 Å². The summed E-state index contributed by atoms with van der Waals surface area (Å²) in [4.78, 5) is 22.1. The molecule has 7 nitrogen and oxygen atoms in total. The second-order valence-corrected chi connectivity index (χ2v) is 9.09. The third-order valence-corrected chi connectivity index (χ3v) is 6.26. The van der Waals surface area contributed by atoms with Crippen LogP contribution in [0.15, 0.2) is 42.9 Å². The summed E-state index contributed by atoms with van der Waals surface area (Å²) in [5.41, 5.74) is 1.23. The van der Waals surface area contributed by atoms with Gasteiger partial charge in [-0.3, -0.25) is 9.48 Å². The molecule has 0 saturated carbocycles. The Kier molecular flexibility index (Phi) is 6.72. The third-order valence-electron chi connectivity index (χ3n) is 6.26. The zero-order valence-corrected chi connectivity index (χ0v) is 19.9. The predicted octanol–water partition coefficient (Wildman–Crippen LogP) is 4.80. The molecule has 0 radical (unpaired) electrons. The summed E-state index contributed by atoms with van der Waals surface area (Å²) in [5, 5.41) is 7.08. The summed E-state index contributed by atoms with van der Waals surface area (Å²) >= 11 is 0. The molecule has 4 rings (SSSR count). The van der Waals surface area contributed by atoms with Gasteiger partial charge in [-0.2, -0.15) is 18.3 Å². The van der Waals surface area contributed by atoms with Gasteiger partial charge in [-0.1, -0.05) is 31.2 Å². The molecule has 0 spiro atoms. The molecule has 2 aromatic heterocycles. The quantitative estimate of drug-likeness (QED) is 0.501. The van der Waals surface area contributed by atoms with Crippen LogP contribution in [0.1, 0.15) is 35.0 Å². The molecule has 36 heavy (non-hydrogen) atoms. The van der Waals surface area contributed by atoms with Crippen LogP contribution in [-0.2, 0) is 13.2 Å². The highest BCUT2D eigenvalue weighted by Crippen LogP contribution is 2.36. The number of likely N-dealkylation sites (tertiary alicyclic amines) is 1. The standard InChI is InChI=1S/C24H25F5N6O/c1-14-6-4-5-7-17(14)18-12-34(3)33-20(18)21(36)35-13-23(25,26)8-15(2)19(35)11-32-22-30-9-16(10-31-22)24(27,28)29/h4-7,9-10,12,15,19H,8,11,13H2,1-3H3,(H,30,31,32)/t15-,19?/m1/s1. The van der Waals surface area contributed by atoms with Gasteiger partial charge in [0.1, 0.15) is 0 Å². The Balaban J connectivity index is 1.62. The van der Waals surface area contributed by atoms with Gasteiger partial charge in [0, 0.05) is 44.2 Å². The van der Waals surface area contributed by atoms with E-state index in [1.807, 2.05) is 31.2 Å². The lowest BCUT2D eigenvalue weighted by molar-refractivity contribution is -0.138. The van der Waals surface area contributed by atoms with Crippen molar-refractivity contribution in [1.29, 1.82) is 0 Å². The van der Waals surface area contributed by atoms with Crippen molar-refractivity contribution in [3.05, 3.63) is 59.7 Å². The lowest BCUT2D eigenvalue weighted by Gasteiger charge is -2.43. The average Bonchev–Trinajstić information content (AvgIpc) is 3.18. The highest BCUT2D eigenvalue weighted by atomic mass is 19.4. The number of hydrogen-bond acceptors (Lipinski definition) is 5. The van der Waals surface area contributed by atoms with Crippen molar-refractivity contribution in [3.63, 3.8) is 0 Å². The number of amides is 1. The van der Waals surface area contributed by atoms with Crippen molar-refractivity contribution < 1.29 is 26.7 Å². The van der Waals surface area contributed by atoms with E-state index in [4.69, 9.17) is 0 Å². The lowest BCUT2D eigenvalue weighted by Crippen LogP contribution is -2.57. The average molecular weight is 508 g/mol. The van der Waals surface area contributed by atoms with Crippen LogP contribution in [0.2, 0.25) is 0 Å². The molecule has 2 atom stereocenters. The van der Waals surface area contributed by atoms with Crippen LogP contribution in [0.25, 0.3) is 11.1 Å². The Morgan fingerprint density at radius 3 is 2.47 bits per heavy atom. The Bertz CT molecular complexity index is 1240. The summed E-state index contributed by atoms with van der Waals surface area (Å²) in [7, 11) is 1.65. The number of carbonyl (C=O) groups excluding carboxylic acids is 1. The van der Waals surface area contributed by atoms with E-state index >= 15 is 0 Å². The Hall–Kier alpha value is -3.57. The second-order valence-electron chi connectivity index (χ2n) is 9.09. The fraction of sp³-hybridized carbons (Fsp3) is 0.417. The van der Waals surface area contributed by atoms with Gasteiger partial charge in [0.15, 0.2) is 5.69 Å². The zero-order valence-electron chi connectivity index (χ0n) is 19.9. The first-order chi connectivity index (χ1) is 16.9. The third kappa shape index (κ3) is 5.31. The minimum Gasteiger partial charge on any atom is -0.352 e. The van der Waals surface area contributed by atoms with E-state index in [0.29, 0.717) is 18.0 Å². The van der Waals surface area contributed by atoms with Gasteiger partial charge in [0.25, 0.3) is 11.8 Å². The fourth-order valence-corrected chi connectivity index (χ4v) is 4.50. The van der Waals surface area contributed by atoms with Crippen molar-refractivity contribution in [1.82, 2.24) is 24.6 Å². The monoisotopic (exact) mass is 508 g/mol. The number of nitrogens with zero attached hydrogens (tertiary/aromatic N) is 5. The van der Waals surface area contributed by atoms with Crippen LogP contribution < -0.4 is 5.32 Å². The fourth-order valence-electron chi connectivity index (χ4n) is 4.50. The van der Waals surface area contributed by atoms with Crippen molar-refractivity contribution in [2.24, 2.45) is 13.0 Å². The maximum Gasteiger partial charge on any atom is 0.419 e. The molecule has 12 heteroatoms. The molecule has 1 aromatic carbocycles. The maximum absolute atomic E-state index is 14.6. The van der Waals surface area contributed by atoms with E-state index < -0.39 is 48.5 Å². The van der Waals surface area contributed by atoms with E-state index in [1.165, 1.54) is 4.68 Å². The van der Waals surface area contributed by atoms with Gasteiger partial charge in [0.05, 0.1) is 18.2 Å². The number of carbonyl (C=O) groups is 1. The van der Waals surface area contributed by atoms with E-state index in [1.54, 1.807) is 20.2 Å². The number of nitrogens with one attached hydrogen (secondary N) is 1. The molecule has 3 aromatic rings. The summed E-state index contributed by atoms with van der Waals surface area (Å²) in [5.74, 6) is -4.47. The second kappa shape index (κ2) is 9.47. The Labute approximate surface area is 204 Å². The molecule has 1 aliphatic heterocycles. The summed E-state index contributed by atoms with van der Waals surface area (Å²) in [6.45, 7) is 2.65. The van der Waals surface area contributed by atoms with Gasteiger partial charge >= 0.3 is 6.18 Å². The number of aromatic nitrogens is 4. The maximum atomic E-state index is 14.6. The largest absolute Gasteiger partial charge is 0.419 e. The number of piperidine rings is 1. The van der Waals surface area contributed by atoms with E-state index in [0.717, 1.165) is 16.0 Å². The lowest BCUT2D eigenvalue weighted by atomic mass is 9.88. The van der Waals surface area contributed by atoms with Crippen molar-refractivity contribution in [2.75, 3.05) is 18.4 Å². The van der Waals surface area contributed by atoms with Crippen LogP contribution in [0.5, 0.6) is 0 Å². The molecule has 0 bridgehead atoms. The molecular weight excluding hydrogens is 483 g/mol. The number of aryl methyl sites for hydroxylation is 2. The predicted molar refractivity (Wildman–Crippen MR) is 122 cm³/mol. The summed E-state index contributed by atoms with van der Waals surface area (Å²) < 4.78 is 69.0. The van der Waals surface area contributed by atoms with Crippen molar-refractivity contribution in [3.8, 4) is 11.1 Å².